The summed E-state index contributed by atoms with van der Waals surface area (Å²) in [6.07, 6.45) is 1.70. The molecule has 0 saturated carbocycles. The summed E-state index contributed by atoms with van der Waals surface area (Å²) in [5.41, 5.74) is 0.550. The molecule has 0 aliphatic heterocycles. The lowest BCUT2D eigenvalue weighted by molar-refractivity contribution is 0.168. The van der Waals surface area contributed by atoms with Crippen molar-refractivity contribution in [1.82, 2.24) is 25.1 Å². The van der Waals surface area contributed by atoms with Crippen molar-refractivity contribution in [3.05, 3.63) is 35.2 Å². The Hall–Kier alpha value is -2.06. The minimum Gasteiger partial charge on any atom is -0.387 e. The van der Waals surface area contributed by atoms with Gasteiger partial charge in [0.1, 0.15) is 12.2 Å². The average molecular weight is 291 g/mol. The monoisotopic (exact) mass is 291 g/mol. The van der Waals surface area contributed by atoms with Gasteiger partial charge >= 0.3 is 0 Å². The molecule has 3 heterocycles. The lowest BCUT2D eigenvalue weighted by atomic mass is 10.2. The predicted octanol–water partition coefficient (Wildman–Crippen LogP) is 1.88. The van der Waals surface area contributed by atoms with Gasteiger partial charge in [0, 0.05) is 0 Å². The van der Waals surface area contributed by atoms with Crippen LogP contribution in [0.5, 0.6) is 0 Å². The molecule has 1 atom stereocenters. The number of rotatable bonds is 5. The molecule has 8 heteroatoms. The lowest BCUT2D eigenvalue weighted by Gasteiger charge is -2.00. The molecule has 7 nitrogen and oxygen atoms in total. The first kappa shape index (κ1) is 12.9. The second kappa shape index (κ2) is 5.51. The molecule has 3 aromatic rings. The summed E-state index contributed by atoms with van der Waals surface area (Å²) in [4.78, 5) is 5.24. The molecule has 1 unspecified atom stereocenters. The van der Waals surface area contributed by atoms with E-state index in [9.17, 15) is 5.11 Å². The van der Waals surface area contributed by atoms with Gasteiger partial charge in [-0.05, 0) is 17.9 Å². The van der Waals surface area contributed by atoms with E-state index in [4.69, 9.17) is 4.52 Å². The maximum atomic E-state index is 9.67. The molecule has 0 spiro atoms. The van der Waals surface area contributed by atoms with Gasteiger partial charge in [-0.1, -0.05) is 23.4 Å². The van der Waals surface area contributed by atoms with Crippen LogP contribution in [0.1, 0.15) is 31.0 Å². The van der Waals surface area contributed by atoms with Gasteiger partial charge in [-0.25, -0.2) is 4.68 Å². The third-order valence-electron chi connectivity index (χ3n) is 2.79. The van der Waals surface area contributed by atoms with E-state index in [0.717, 1.165) is 4.88 Å². The quantitative estimate of drug-likeness (QED) is 0.772. The first-order chi connectivity index (χ1) is 9.76. The molecule has 1 N–H and O–H groups in total. The molecule has 104 valence electrons. The Balaban J connectivity index is 1.73. The van der Waals surface area contributed by atoms with E-state index in [-0.39, 0.29) is 0 Å². The van der Waals surface area contributed by atoms with Crippen molar-refractivity contribution in [3.63, 3.8) is 0 Å². The van der Waals surface area contributed by atoms with Crippen LogP contribution in [0, 0.1) is 0 Å². The fourth-order valence-electron chi connectivity index (χ4n) is 1.72. The minimum absolute atomic E-state index is 0.359. The smallest absolute Gasteiger partial charge is 0.268 e. The molecule has 0 saturated heterocycles. The van der Waals surface area contributed by atoms with E-state index in [1.54, 1.807) is 22.2 Å². The van der Waals surface area contributed by atoms with Crippen LogP contribution in [0.15, 0.2) is 28.2 Å². The number of aliphatic hydroxyl groups is 1. The topological polar surface area (TPSA) is 89.9 Å². The third kappa shape index (κ3) is 2.61. The summed E-state index contributed by atoms with van der Waals surface area (Å²) in [5.74, 6) is 1.03. The van der Waals surface area contributed by atoms with Crippen LogP contribution in [0.3, 0.4) is 0 Å². The molecule has 20 heavy (non-hydrogen) atoms. The summed E-state index contributed by atoms with van der Waals surface area (Å²) < 4.78 is 6.78. The van der Waals surface area contributed by atoms with Gasteiger partial charge in [0.05, 0.1) is 17.2 Å². The van der Waals surface area contributed by atoms with Crippen molar-refractivity contribution in [3.8, 4) is 10.8 Å². The summed E-state index contributed by atoms with van der Waals surface area (Å²) in [7, 11) is 0. The van der Waals surface area contributed by atoms with Gasteiger partial charge in [-0.2, -0.15) is 4.98 Å². The maximum absolute atomic E-state index is 9.67. The SMILES string of the molecule is CCC(O)c1cn(Cc2noc(-c3cccs3)n2)nn1. The summed E-state index contributed by atoms with van der Waals surface area (Å²) in [5, 5.41) is 23.4. The fourth-order valence-corrected chi connectivity index (χ4v) is 2.36. The average Bonchev–Trinajstić information content (AvgIpc) is 3.19. The number of aromatic nitrogens is 5. The van der Waals surface area contributed by atoms with Gasteiger partial charge < -0.3 is 9.63 Å². The molecule has 0 amide bonds. The molecule has 0 fully saturated rings. The normalized spacial score (nSPS) is 12.7. The van der Waals surface area contributed by atoms with Crippen molar-refractivity contribution < 1.29 is 9.63 Å². The van der Waals surface area contributed by atoms with Crippen LogP contribution in [-0.2, 0) is 6.54 Å². The highest BCUT2D eigenvalue weighted by molar-refractivity contribution is 7.13. The number of nitrogens with zero attached hydrogens (tertiary/aromatic N) is 5. The van der Waals surface area contributed by atoms with Crippen molar-refractivity contribution >= 4 is 11.3 Å². The van der Waals surface area contributed by atoms with Crippen molar-refractivity contribution in [2.24, 2.45) is 0 Å². The molecule has 0 aromatic carbocycles. The van der Waals surface area contributed by atoms with Gasteiger partial charge in [-0.3, -0.25) is 0 Å². The van der Waals surface area contributed by atoms with Crippen LogP contribution in [0.4, 0.5) is 0 Å². The molecule has 3 aromatic heterocycles. The summed E-state index contributed by atoms with van der Waals surface area (Å²) in [6.45, 7) is 2.24. The summed E-state index contributed by atoms with van der Waals surface area (Å²) in [6, 6.07) is 3.85. The standard InChI is InChI=1S/C12H13N5O2S/c1-2-9(18)8-6-17(16-14-8)7-11-13-12(19-15-11)10-4-3-5-20-10/h3-6,9,18H,2,7H2,1H3. The van der Waals surface area contributed by atoms with Crippen molar-refractivity contribution in [2.45, 2.75) is 26.0 Å². The maximum Gasteiger partial charge on any atom is 0.268 e. The second-order valence-corrected chi connectivity index (χ2v) is 5.21. The highest BCUT2D eigenvalue weighted by Crippen LogP contribution is 2.22. The predicted molar refractivity (Wildman–Crippen MR) is 72.0 cm³/mol. The van der Waals surface area contributed by atoms with E-state index < -0.39 is 6.10 Å². The molecule has 0 radical (unpaired) electrons. The Labute approximate surface area is 118 Å². The minimum atomic E-state index is -0.587. The van der Waals surface area contributed by atoms with E-state index in [0.29, 0.717) is 30.4 Å². The zero-order valence-electron chi connectivity index (χ0n) is 10.8. The zero-order chi connectivity index (χ0) is 13.9. The van der Waals surface area contributed by atoms with Gasteiger partial charge in [0.2, 0.25) is 0 Å². The van der Waals surface area contributed by atoms with Crippen LogP contribution in [0.2, 0.25) is 0 Å². The van der Waals surface area contributed by atoms with Crippen molar-refractivity contribution in [2.75, 3.05) is 0 Å². The zero-order valence-corrected chi connectivity index (χ0v) is 11.6. The number of aliphatic hydroxyl groups excluding tert-OH is 1. The molecule has 0 bridgehead atoms. The number of hydrogen-bond acceptors (Lipinski definition) is 7. The van der Waals surface area contributed by atoms with Crippen LogP contribution >= 0.6 is 11.3 Å². The highest BCUT2D eigenvalue weighted by atomic mass is 32.1. The van der Waals surface area contributed by atoms with Crippen LogP contribution in [-0.4, -0.2) is 30.2 Å². The summed E-state index contributed by atoms with van der Waals surface area (Å²) >= 11 is 1.54. The van der Waals surface area contributed by atoms with Gasteiger partial charge in [-0.15, -0.1) is 16.4 Å². The largest absolute Gasteiger partial charge is 0.387 e. The number of hydrogen-bond donors (Lipinski definition) is 1. The molecular formula is C12H13N5O2S. The van der Waals surface area contributed by atoms with Crippen LogP contribution in [0.25, 0.3) is 10.8 Å². The Kier molecular flexibility index (Phi) is 3.57. The van der Waals surface area contributed by atoms with E-state index in [1.807, 2.05) is 24.4 Å². The van der Waals surface area contributed by atoms with E-state index in [1.165, 1.54) is 0 Å². The van der Waals surface area contributed by atoms with Gasteiger partial charge in [0.15, 0.2) is 5.82 Å². The second-order valence-electron chi connectivity index (χ2n) is 4.26. The van der Waals surface area contributed by atoms with Crippen molar-refractivity contribution in [1.29, 1.82) is 0 Å². The first-order valence-corrected chi connectivity index (χ1v) is 7.08. The van der Waals surface area contributed by atoms with Crippen LogP contribution < -0.4 is 0 Å². The molecular weight excluding hydrogens is 278 g/mol. The Bertz CT molecular complexity index is 676. The fraction of sp³-hybridized carbons (Fsp3) is 0.333. The lowest BCUT2D eigenvalue weighted by Crippen LogP contribution is -2.02. The third-order valence-corrected chi connectivity index (χ3v) is 3.65. The molecule has 3 rings (SSSR count). The van der Waals surface area contributed by atoms with E-state index >= 15 is 0 Å². The highest BCUT2D eigenvalue weighted by Gasteiger charge is 2.13. The Morgan fingerprint density at radius 1 is 1.50 bits per heavy atom. The first-order valence-electron chi connectivity index (χ1n) is 6.21. The van der Waals surface area contributed by atoms with Gasteiger partial charge in [0.25, 0.3) is 5.89 Å². The Morgan fingerprint density at radius 3 is 3.15 bits per heavy atom. The number of thiophene rings is 1. The molecule has 0 aliphatic carbocycles. The molecule has 0 aliphatic rings. The van der Waals surface area contributed by atoms with E-state index in [2.05, 4.69) is 20.5 Å². The Morgan fingerprint density at radius 2 is 2.40 bits per heavy atom.